The Morgan fingerprint density at radius 1 is 1.16 bits per heavy atom. The molecule has 2 aromatic rings. The predicted octanol–water partition coefficient (Wildman–Crippen LogP) is 2.27. The van der Waals surface area contributed by atoms with Gasteiger partial charge in [-0.2, -0.15) is 0 Å². The van der Waals surface area contributed by atoms with Gasteiger partial charge in [0, 0.05) is 25.0 Å². The first kappa shape index (κ1) is 13.1. The zero-order chi connectivity index (χ0) is 14.0. The van der Waals surface area contributed by atoms with Crippen LogP contribution < -0.4 is 10.5 Å². The van der Waals surface area contributed by atoms with Crippen molar-refractivity contribution in [3.05, 3.63) is 63.6 Å². The number of carbonyl (C=O) groups is 1. The Kier molecular flexibility index (Phi) is 3.51. The second-order valence-electron chi connectivity index (χ2n) is 4.60. The van der Waals surface area contributed by atoms with Crippen molar-refractivity contribution in [3.8, 4) is 0 Å². The van der Waals surface area contributed by atoms with Crippen molar-refractivity contribution in [2.75, 3.05) is 11.9 Å². The molecule has 0 aliphatic rings. The summed E-state index contributed by atoms with van der Waals surface area (Å²) < 4.78 is 0. The molecular formula is C15H16N2O2. The van der Waals surface area contributed by atoms with Crippen molar-refractivity contribution >= 4 is 11.6 Å². The van der Waals surface area contributed by atoms with Crippen LogP contribution in [0.5, 0.6) is 0 Å². The van der Waals surface area contributed by atoms with Gasteiger partial charge in [0.15, 0.2) is 0 Å². The largest absolute Gasteiger partial charge is 0.328 e. The third kappa shape index (κ3) is 2.73. The maximum Gasteiger partial charge on any atom is 0.259 e. The summed E-state index contributed by atoms with van der Waals surface area (Å²) in [4.78, 5) is 27.4. The summed E-state index contributed by atoms with van der Waals surface area (Å²) >= 11 is 0. The number of aromatic amines is 1. The van der Waals surface area contributed by atoms with E-state index in [1.165, 1.54) is 18.3 Å². The minimum absolute atomic E-state index is 0.150. The Labute approximate surface area is 111 Å². The highest BCUT2D eigenvalue weighted by Gasteiger charge is 2.15. The molecule has 0 fully saturated rings. The standard InChI is InChI=1S/C15H16N2O2/c1-10-4-6-13(11(2)8-10)17(3)15(19)12-5-7-14(18)16-9-12/h4-9H,1-3H3,(H,16,18). The molecule has 4 nitrogen and oxygen atoms in total. The molecule has 1 heterocycles. The second-order valence-corrected chi connectivity index (χ2v) is 4.60. The molecule has 1 aromatic carbocycles. The maximum atomic E-state index is 12.3. The number of hydrogen-bond donors (Lipinski definition) is 1. The average molecular weight is 256 g/mol. The fraction of sp³-hybridized carbons (Fsp3) is 0.200. The maximum absolute atomic E-state index is 12.3. The molecule has 0 aliphatic heterocycles. The molecule has 1 amide bonds. The van der Waals surface area contributed by atoms with E-state index in [2.05, 4.69) is 4.98 Å². The highest BCUT2D eigenvalue weighted by molar-refractivity contribution is 6.05. The zero-order valence-corrected chi connectivity index (χ0v) is 11.2. The molecule has 0 atom stereocenters. The number of aromatic nitrogens is 1. The van der Waals surface area contributed by atoms with Crippen LogP contribution in [0.25, 0.3) is 0 Å². The number of rotatable bonds is 2. The monoisotopic (exact) mass is 256 g/mol. The number of nitrogens with zero attached hydrogens (tertiary/aromatic N) is 1. The summed E-state index contributed by atoms with van der Waals surface area (Å²) in [6.45, 7) is 3.99. The topological polar surface area (TPSA) is 53.2 Å². The third-order valence-corrected chi connectivity index (χ3v) is 3.05. The predicted molar refractivity (Wildman–Crippen MR) is 75.7 cm³/mol. The van der Waals surface area contributed by atoms with Crippen molar-refractivity contribution < 1.29 is 4.79 Å². The number of H-pyrrole nitrogens is 1. The van der Waals surface area contributed by atoms with Gasteiger partial charge in [0.1, 0.15) is 0 Å². The first-order valence-electron chi connectivity index (χ1n) is 6.03. The molecule has 0 bridgehead atoms. The lowest BCUT2D eigenvalue weighted by atomic mass is 10.1. The van der Waals surface area contributed by atoms with E-state index in [-0.39, 0.29) is 11.5 Å². The summed E-state index contributed by atoms with van der Waals surface area (Å²) in [6, 6.07) is 8.81. The summed E-state index contributed by atoms with van der Waals surface area (Å²) in [5.41, 5.74) is 3.31. The average Bonchev–Trinajstić information content (AvgIpc) is 2.38. The van der Waals surface area contributed by atoms with Crippen LogP contribution in [0.3, 0.4) is 0 Å². The molecule has 4 heteroatoms. The number of benzene rings is 1. The number of aryl methyl sites for hydroxylation is 2. The van der Waals surface area contributed by atoms with Crippen LogP contribution in [0, 0.1) is 13.8 Å². The minimum Gasteiger partial charge on any atom is -0.328 e. The quantitative estimate of drug-likeness (QED) is 0.896. The number of amides is 1. The normalized spacial score (nSPS) is 10.3. The van der Waals surface area contributed by atoms with Crippen molar-refractivity contribution in [2.24, 2.45) is 0 Å². The van der Waals surface area contributed by atoms with Crippen molar-refractivity contribution in [3.63, 3.8) is 0 Å². The van der Waals surface area contributed by atoms with E-state index in [1.54, 1.807) is 11.9 Å². The van der Waals surface area contributed by atoms with Gasteiger partial charge in [-0.25, -0.2) is 0 Å². The molecule has 0 aliphatic carbocycles. The van der Waals surface area contributed by atoms with Gasteiger partial charge in [-0.1, -0.05) is 17.7 Å². The molecule has 0 spiro atoms. The van der Waals surface area contributed by atoms with E-state index in [0.29, 0.717) is 5.56 Å². The van der Waals surface area contributed by atoms with Crippen molar-refractivity contribution in [1.82, 2.24) is 4.98 Å². The molecule has 1 N–H and O–H groups in total. The first-order valence-corrected chi connectivity index (χ1v) is 6.03. The molecule has 1 aromatic heterocycles. The number of anilines is 1. The van der Waals surface area contributed by atoms with Gasteiger partial charge in [-0.15, -0.1) is 0 Å². The molecular weight excluding hydrogens is 240 g/mol. The summed E-state index contributed by atoms with van der Waals surface area (Å²) in [6.07, 6.45) is 1.44. The van der Waals surface area contributed by atoms with Crippen LogP contribution in [-0.4, -0.2) is 17.9 Å². The van der Waals surface area contributed by atoms with Crippen molar-refractivity contribution in [1.29, 1.82) is 0 Å². The molecule has 0 radical (unpaired) electrons. The number of pyridine rings is 1. The van der Waals surface area contributed by atoms with Gasteiger partial charge in [0.05, 0.1) is 5.56 Å². The Morgan fingerprint density at radius 3 is 2.47 bits per heavy atom. The van der Waals surface area contributed by atoms with Gasteiger partial charge in [0.2, 0.25) is 5.56 Å². The van der Waals surface area contributed by atoms with Gasteiger partial charge < -0.3 is 9.88 Å². The van der Waals surface area contributed by atoms with Gasteiger partial charge in [0.25, 0.3) is 5.91 Å². The van der Waals surface area contributed by atoms with Crippen LogP contribution in [0.4, 0.5) is 5.69 Å². The lowest BCUT2D eigenvalue weighted by molar-refractivity contribution is 0.0992. The SMILES string of the molecule is Cc1ccc(N(C)C(=O)c2ccc(=O)[nH]c2)c(C)c1. The zero-order valence-electron chi connectivity index (χ0n) is 11.2. The Morgan fingerprint density at radius 2 is 1.89 bits per heavy atom. The van der Waals surface area contributed by atoms with E-state index in [9.17, 15) is 9.59 Å². The Hall–Kier alpha value is -2.36. The second kappa shape index (κ2) is 5.10. The molecule has 2 rings (SSSR count). The van der Waals surface area contributed by atoms with Gasteiger partial charge >= 0.3 is 0 Å². The molecule has 98 valence electrons. The first-order chi connectivity index (χ1) is 8.99. The Bertz CT molecular complexity index is 654. The smallest absolute Gasteiger partial charge is 0.259 e. The number of hydrogen-bond acceptors (Lipinski definition) is 2. The van der Waals surface area contributed by atoms with Crippen LogP contribution in [0.2, 0.25) is 0 Å². The number of nitrogens with one attached hydrogen (secondary N) is 1. The van der Waals surface area contributed by atoms with Crippen LogP contribution >= 0.6 is 0 Å². The van der Waals surface area contributed by atoms with Crippen LogP contribution in [0.15, 0.2) is 41.3 Å². The van der Waals surface area contributed by atoms with E-state index in [1.807, 2.05) is 32.0 Å². The Balaban J connectivity index is 2.33. The van der Waals surface area contributed by atoms with E-state index >= 15 is 0 Å². The lowest BCUT2D eigenvalue weighted by Crippen LogP contribution is -2.27. The molecule has 19 heavy (non-hydrogen) atoms. The van der Waals surface area contributed by atoms with Crippen LogP contribution in [-0.2, 0) is 0 Å². The van der Waals surface area contributed by atoms with E-state index < -0.39 is 0 Å². The molecule has 0 saturated heterocycles. The van der Waals surface area contributed by atoms with Crippen molar-refractivity contribution in [2.45, 2.75) is 13.8 Å². The third-order valence-electron chi connectivity index (χ3n) is 3.05. The molecule has 0 unspecified atom stereocenters. The summed E-state index contributed by atoms with van der Waals surface area (Å²) in [5.74, 6) is -0.150. The summed E-state index contributed by atoms with van der Waals surface area (Å²) in [7, 11) is 1.73. The van der Waals surface area contributed by atoms with Crippen LogP contribution in [0.1, 0.15) is 21.5 Å². The fourth-order valence-corrected chi connectivity index (χ4v) is 2.03. The minimum atomic E-state index is -0.217. The van der Waals surface area contributed by atoms with E-state index in [0.717, 1.165) is 16.8 Å². The highest BCUT2D eigenvalue weighted by atomic mass is 16.2. The van der Waals surface area contributed by atoms with E-state index in [4.69, 9.17) is 0 Å². The van der Waals surface area contributed by atoms with Gasteiger partial charge in [-0.05, 0) is 31.5 Å². The number of carbonyl (C=O) groups excluding carboxylic acids is 1. The summed E-state index contributed by atoms with van der Waals surface area (Å²) in [5, 5.41) is 0. The molecule has 0 saturated carbocycles. The van der Waals surface area contributed by atoms with Gasteiger partial charge in [-0.3, -0.25) is 9.59 Å². The highest BCUT2D eigenvalue weighted by Crippen LogP contribution is 2.21. The fourth-order valence-electron chi connectivity index (χ4n) is 2.03. The lowest BCUT2D eigenvalue weighted by Gasteiger charge is -2.19.